The van der Waals surface area contributed by atoms with Crippen LogP contribution in [0.5, 0.6) is 5.75 Å². The largest absolute Gasteiger partial charge is 0.505 e. The van der Waals surface area contributed by atoms with Gasteiger partial charge in [-0.15, -0.1) is 0 Å². The first kappa shape index (κ1) is 16.8. The van der Waals surface area contributed by atoms with Crippen molar-refractivity contribution in [1.82, 2.24) is 0 Å². The Morgan fingerprint density at radius 3 is 2.36 bits per heavy atom. The Balaban J connectivity index is 2.17. The summed E-state index contributed by atoms with van der Waals surface area (Å²) in [6.45, 7) is 7.41. The van der Waals surface area contributed by atoms with Crippen LogP contribution in [-0.2, 0) is 0 Å². The Kier molecular flexibility index (Phi) is 4.59. The molecular weight excluding hydrogens is 357 g/mol. The van der Waals surface area contributed by atoms with Gasteiger partial charge in [-0.25, -0.2) is 4.85 Å². The molecule has 0 bridgehead atoms. The number of benzene rings is 2. The Labute approximate surface area is 154 Å². The van der Waals surface area contributed by atoms with Gasteiger partial charge in [-0.2, -0.15) is 5.26 Å². The fraction of sp³-hybridized carbons (Fsp3) is 0. The van der Waals surface area contributed by atoms with Crippen LogP contribution < -0.4 is 0 Å². The fourth-order valence-corrected chi connectivity index (χ4v) is 2.92. The van der Waals surface area contributed by atoms with E-state index in [1.807, 2.05) is 36.4 Å². The van der Waals surface area contributed by atoms with E-state index in [2.05, 4.69) is 9.84 Å². The van der Waals surface area contributed by atoms with E-state index in [1.54, 1.807) is 6.08 Å². The molecular formula is C19H9Cl2N3O. The highest BCUT2D eigenvalue weighted by atomic mass is 35.5. The molecule has 1 aliphatic heterocycles. The molecule has 4 nitrogen and oxygen atoms in total. The van der Waals surface area contributed by atoms with Crippen molar-refractivity contribution in [2.75, 3.05) is 0 Å². The van der Waals surface area contributed by atoms with Crippen LogP contribution in [0.15, 0.2) is 64.4 Å². The van der Waals surface area contributed by atoms with Crippen molar-refractivity contribution >= 4 is 35.0 Å². The maximum Gasteiger partial charge on any atom is 0.232 e. The van der Waals surface area contributed by atoms with Crippen molar-refractivity contribution in [3.63, 3.8) is 0 Å². The van der Waals surface area contributed by atoms with E-state index in [0.717, 1.165) is 5.56 Å². The zero-order valence-corrected chi connectivity index (χ0v) is 14.2. The van der Waals surface area contributed by atoms with Crippen molar-refractivity contribution in [3.8, 4) is 11.8 Å². The summed E-state index contributed by atoms with van der Waals surface area (Å²) < 4.78 is 0. The van der Waals surface area contributed by atoms with Crippen molar-refractivity contribution in [2.24, 2.45) is 4.99 Å². The third-order valence-electron chi connectivity index (χ3n) is 3.56. The van der Waals surface area contributed by atoms with Crippen LogP contribution in [-0.4, -0.2) is 10.8 Å². The number of nitriles is 1. The summed E-state index contributed by atoms with van der Waals surface area (Å²) in [6, 6.07) is 14.3. The lowest BCUT2D eigenvalue weighted by molar-refractivity contribution is 0.476. The molecule has 0 amide bonds. The Morgan fingerprint density at radius 1 is 1.16 bits per heavy atom. The summed E-state index contributed by atoms with van der Waals surface area (Å²) in [5.74, 6) is -0.205. The van der Waals surface area contributed by atoms with Crippen LogP contribution in [0.1, 0.15) is 11.1 Å². The van der Waals surface area contributed by atoms with E-state index in [1.165, 1.54) is 12.1 Å². The van der Waals surface area contributed by atoms with Crippen molar-refractivity contribution < 1.29 is 5.11 Å². The van der Waals surface area contributed by atoms with Gasteiger partial charge in [0.25, 0.3) is 0 Å². The molecule has 0 atom stereocenters. The average Bonchev–Trinajstić information content (AvgIpc) is 2.97. The van der Waals surface area contributed by atoms with Gasteiger partial charge >= 0.3 is 0 Å². The minimum absolute atomic E-state index is 0.0949. The molecule has 3 rings (SSSR count). The standard InChI is InChI=1S/C19H9Cl2N3O/c1-23-18-13(10-22)16(24-17(18)12-5-3-2-4-6-12)9-11-7-14(20)19(25)15(21)8-11/h2-9,25H/b16-9-. The summed E-state index contributed by atoms with van der Waals surface area (Å²) in [5, 5.41) is 19.3. The summed E-state index contributed by atoms with van der Waals surface area (Å²) in [4.78, 5) is 7.94. The molecule has 25 heavy (non-hydrogen) atoms. The van der Waals surface area contributed by atoms with E-state index in [-0.39, 0.29) is 27.1 Å². The van der Waals surface area contributed by atoms with Crippen LogP contribution in [0, 0.1) is 17.9 Å². The molecule has 0 saturated carbocycles. The normalized spacial score (nSPS) is 15.0. The van der Waals surface area contributed by atoms with Crippen LogP contribution in [0.2, 0.25) is 10.0 Å². The zero-order valence-electron chi connectivity index (χ0n) is 12.7. The van der Waals surface area contributed by atoms with Gasteiger partial charge in [-0.3, -0.25) is 4.99 Å². The van der Waals surface area contributed by atoms with Crippen LogP contribution in [0.25, 0.3) is 10.9 Å². The molecule has 6 heteroatoms. The number of allylic oxidation sites excluding steroid dienone is 2. The van der Waals surface area contributed by atoms with E-state index in [0.29, 0.717) is 17.0 Å². The van der Waals surface area contributed by atoms with Crippen LogP contribution >= 0.6 is 23.2 Å². The highest BCUT2D eigenvalue weighted by molar-refractivity contribution is 6.37. The molecule has 0 aromatic heterocycles. The minimum atomic E-state index is -0.205. The van der Waals surface area contributed by atoms with E-state index in [9.17, 15) is 10.4 Å². The predicted octanol–water partition coefficient (Wildman–Crippen LogP) is 5.24. The third kappa shape index (κ3) is 3.14. The number of hydrogen-bond donors (Lipinski definition) is 1. The molecule has 0 radical (unpaired) electrons. The minimum Gasteiger partial charge on any atom is -0.505 e. The summed E-state index contributed by atoms with van der Waals surface area (Å²) in [6.07, 6.45) is 1.61. The molecule has 120 valence electrons. The number of aliphatic imine (C=N–C) groups is 1. The van der Waals surface area contributed by atoms with Gasteiger partial charge in [-0.05, 0) is 29.3 Å². The van der Waals surface area contributed by atoms with E-state index in [4.69, 9.17) is 29.8 Å². The van der Waals surface area contributed by atoms with Crippen LogP contribution in [0.3, 0.4) is 0 Å². The third-order valence-corrected chi connectivity index (χ3v) is 4.14. The zero-order chi connectivity index (χ0) is 18.0. The fourth-order valence-electron chi connectivity index (χ4n) is 2.42. The summed E-state index contributed by atoms with van der Waals surface area (Å²) in [5.41, 5.74) is 2.52. The van der Waals surface area contributed by atoms with Crippen molar-refractivity contribution in [3.05, 3.63) is 92.0 Å². The number of halogens is 2. The molecule has 0 saturated heterocycles. The number of phenols is 1. The summed E-state index contributed by atoms with van der Waals surface area (Å²) in [7, 11) is 0. The van der Waals surface area contributed by atoms with Crippen molar-refractivity contribution in [2.45, 2.75) is 0 Å². The van der Waals surface area contributed by atoms with Crippen LogP contribution in [0.4, 0.5) is 0 Å². The topological polar surface area (TPSA) is 60.7 Å². The van der Waals surface area contributed by atoms with E-state index >= 15 is 0 Å². The van der Waals surface area contributed by atoms with Gasteiger partial charge in [0.15, 0.2) is 5.75 Å². The number of nitrogens with zero attached hydrogens (tertiary/aromatic N) is 3. The number of aromatic hydroxyl groups is 1. The molecule has 1 heterocycles. The SMILES string of the molecule is [C-]#[N+]C1=C(C#N)/C(=C/c2cc(Cl)c(O)c(Cl)c2)N=C1c1ccccc1. The lowest BCUT2D eigenvalue weighted by Gasteiger charge is -2.03. The molecule has 1 N–H and O–H groups in total. The lowest BCUT2D eigenvalue weighted by Crippen LogP contribution is -1.99. The number of phenolic OH excluding ortho intramolecular Hbond substituents is 1. The lowest BCUT2D eigenvalue weighted by atomic mass is 10.1. The first-order chi connectivity index (χ1) is 12.0. The Morgan fingerprint density at radius 2 is 1.80 bits per heavy atom. The molecule has 0 aliphatic carbocycles. The summed E-state index contributed by atoms with van der Waals surface area (Å²) >= 11 is 11.9. The molecule has 2 aromatic rings. The molecule has 1 aliphatic rings. The highest BCUT2D eigenvalue weighted by Gasteiger charge is 2.25. The maximum atomic E-state index is 9.65. The second-order valence-corrected chi connectivity index (χ2v) is 5.95. The van der Waals surface area contributed by atoms with Gasteiger partial charge in [-0.1, -0.05) is 53.5 Å². The first-order valence-electron chi connectivity index (χ1n) is 7.11. The monoisotopic (exact) mass is 365 g/mol. The maximum absolute atomic E-state index is 9.65. The van der Waals surface area contributed by atoms with Gasteiger partial charge in [0.1, 0.15) is 0 Å². The molecule has 0 fully saturated rings. The predicted molar refractivity (Wildman–Crippen MR) is 98.3 cm³/mol. The van der Waals surface area contributed by atoms with Gasteiger partial charge in [0, 0.05) is 0 Å². The highest BCUT2D eigenvalue weighted by Crippen LogP contribution is 2.35. The molecule has 0 unspecified atom stereocenters. The smallest absolute Gasteiger partial charge is 0.232 e. The quantitative estimate of drug-likeness (QED) is 0.739. The first-order valence-corrected chi connectivity index (χ1v) is 7.87. The number of hydrogen-bond acceptors (Lipinski definition) is 3. The van der Waals surface area contributed by atoms with E-state index < -0.39 is 0 Å². The Hall–Kier alpha value is -3.05. The van der Waals surface area contributed by atoms with Gasteiger partial charge < -0.3 is 5.11 Å². The Bertz CT molecular complexity index is 1020. The second-order valence-electron chi connectivity index (χ2n) is 5.14. The average molecular weight is 366 g/mol. The molecule has 0 spiro atoms. The molecule has 2 aromatic carbocycles. The van der Waals surface area contributed by atoms with Crippen molar-refractivity contribution in [1.29, 1.82) is 5.26 Å². The van der Waals surface area contributed by atoms with Gasteiger partial charge in [0.05, 0.1) is 39.7 Å². The van der Waals surface area contributed by atoms with Gasteiger partial charge in [0.2, 0.25) is 5.70 Å². The number of rotatable bonds is 2. The second kappa shape index (κ2) is 6.83.